The Kier molecular flexibility index (Phi) is 5.44. The highest BCUT2D eigenvalue weighted by molar-refractivity contribution is 5.98. The molecule has 0 spiro atoms. The number of carbonyl (C=O) groups is 1. The first kappa shape index (κ1) is 18.9. The molecule has 6 N–H and O–H groups in total. The number of amides is 1. The summed E-state index contributed by atoms with van der Waals surface area (Å²) in [5.74, 6) is 0.556. The van der Waals surface area contributed by atoms with Crippen LogP contribution in [0.15, 0.2) is 54.9 Å². The fourth-order valence-corrected chi connectivity index (χ4v) is 3.62. The standard InChI is InChI=1S/C21H25N7O/c22-17-4-1-2-5-18(17)26-19-11-10-16(20(23)29)21(27-19)25-14-6-8-15(9-7-14)28-13-3-12-24-28/h3,6-13,17-18H,1-2,4-5,22H2,(H2,23,29)(H2,25,26,27)/t17-,18+/m0/s1. The molecule has 1 aliphatic rings. The molecule has 0 aliphatic heterocycles. The maximum absolute atomic E-state index is 11.9. The minimum absolute atomic E-state index is 0.104. The monoisotopic (exact) mass is 391 g/mol. The second-order valence-electron chi connectivity index (χ2n) is 7.28. The van der Waals surface area contributed by atoms with Gasteiger partial charge in [-0.15, -0.1) is 0 Å². The molecule has 2 atom stereocenters. The van der Waals surface area contributed by atoms with Crippen molar-refractivity contribution in [1.82, 2.24) is 14.8 Å². The maximum Gasteiger partial charge on any atom is 0.252 e. The average Bonchev–Trinajstić information content (AvgIpc) is 3.25. The van der Waals surface area contributed by atoms with Crippen molar-refractivity contribution in [2.45, 2.75) is 37.8 Å². The Morgan fingerprint density at radius 1 is 1.10 bits per heavy atom. The van der Waals surface area contributed by atoms with Crippen LogP contribution in [0.2, 0.25) is 0 Å². The van der Waals surface area contributed by atoms with E-state index in [-0.39, 0.29) is 12.1 Å². The van der Waals surface area contributed by atoms with E-state index in [4.69, 9.17) is 11.5 Å². The highest BCUT2D eigenvalue weighted by Crippen LogP contribution is 2.25. The summed E-state index contributed by atoms with van der Waals surface area (Å²) in [5, 5.41) is 10.8. The van der Waals surface area contributed by atoms with E-state index in [1.807, 2.05) is 36.5 Å². The summed E-state index contributed by atoms with van der Waals surface area (Å²) in [7, 11) is 0. The van der Waals surface area contributed by atoms with E-state index >= 15 is 0 Å². The van der Waals surface area contributed by atoms with Crippen LogP contribution in [0.5, 0.6) is 0 Å². The molecule has 3 aromatic rings. The summed E-state index contributed by atoms with van der Waals surface area (Å²) < 4.78 is 1.77. The number of hydrogen-bond donors (Lipinski definition) is 4. The first-order chi connectivity index (χ1) is 14.1. The highest BCUT2D eigenvalue weighted by Gasteiger charge is 2.22. The second kappa shape index (κ2) is 8.32. The molecule has 8 nitrogen and oxygen atoms in total. The number of carbonyl (C=O) groups excluding carboxylic acids is 1. The molecular weight excluding hydrogens is 366 g/mol. The molecule has 8 heteroatoms. The van der Waals surface area contributed by atoms with Gasteiger partial charge in [0.15, 0.2) is 0 Å². The quantitative estimate of drug-likeness (QED) is 0.512. The number of nitrogens with zero attached hydrogens (tertiary/aromatic N) is 3. The van der Waals surface area contributed by atoms with Crippen LogP contribution in [0, 0.1) is 0 Å². The molecule has 0 radical (unpaired) electrons. The van der Waals surface area contributed by atoms with Crippen LogP contribution < -0.4 is 22.1 Å². The summed E-state index contributed by atoms with van der Waals surface area (Å²) in [6.07, 6.45) is 7.93. The number of rotatable bonds is 6. The summed E-state index contributed by atoms with van der Waals surface area (Å²) in [6, 6.07) is 13.3. The lowest BCUT2D eigenvalue weighted by atomic mass is 9.91. The van der Waals surface area contributed by atoms with Gasteiger partial charge in [-0.25, -0.2) is 9.67 Å². The minimum Gasteiger partial charge on any atom is -0.366 e. The number of pyridine rings is 1. The predicted octanol–water partition coefficient (Wildman–Crippen LogP) is 2.79. The Labute approximate surface area is 169 Å². The summed E-state index contributed by atoms with van der Waals surface area (Å²) in [6.45, 7) is 0. The van der Waals surface area contributed by atoms with Crippen LogP contribution in [-0.4, -0.2) is 32.8 Å². The van der Waals surface area contributed by atoms with Gasteiger partial charge in [0, 0.05) is 30.2 Å². The molecule has 1 amide bonds. The molecule has 0 saturated heterocycles. The minimum atomic E-state index is -0.533. The van der Waals surface area contributed by atoms with Crippen LogP contribution in [0.3, 0.4) is 0 Å². The number of primary amides is 1. The van der Waals surface area contributed by atoms with Gasteiger partial charge in [0.25, 0.3) is 5.91 Å². The van der Waals surface area contributed by atoms with Gasteiger partial charge in [0.2, 0.25) is 0 Å². The lowest BCUT2D eigenvalue weighted by Crippen LogP contribution is -2.42. The lowest BCUT2D eigenvalue weighted by Gasteiger charge is -2.29. The molecule has 4 rings (SSSR count). The van der Waals surface area contributed by atoms with Gasteiger partial charge < -0.3 is 22.1 Å². The smallest absolute Gasteiger partial charge is 0.252 e. The third kappa shape index (κ3) is 4.38. The molecule has 2 aromatic heterocycles. The van der Waals surface area contributed by atoms with E-state index in [9.17, 15) is 4.79 Å². The number of nitrogens with one attached hydrogen (secondary N) is 2. The van der Waals surface area contributed by atoms with Crippen LogP contribution in [0.1, 0.15) is 36.0 Å². The molecule has 1 aliphatic carbocycles. The topological polar surface area (TPSA) is 124 Å². The molecule has 29 heavy (non-hydrogen) atoms. The maximum atomic E-state index is 11.9. The highest BCUT2D eigenvalue weighted by atomic mass is 16.1. The van der Waals surface area contributed by atoms with E-state index in [2.05, 4.69) is 20.7 Å². The fraction of sp³-hybridized carbons (Fsp3) is 0.286. The SMILES string of the molecule is NC(=O)c1ccc(N[C@@H]2CCCC[C@@H]2N)nc1Nc1ccc(-n2cccn2)cc1. The summed E-state index contributed by atoms with van der Waals surface area (Å²) >= 11 is 0. The van der Waals surface area contributed by atoms with Gasteiger partial charge in [-0.3, -0.25) is 4.79 Å². The predicted molar refractivity (Wildman–Crippen MR) is 113 cm³/mol. The van der Waals surface area contributed by atoms with E-state index < -0.39 is 5.91 Å². The zero-order valence-corrected chi connectivity index (χ0v) is 16.1. The molecule has 0 bridgehead atoms. The molecule has 1 fully saturated rings. The largest absolute Gasteiger partial charge is 0.366 e. The van der Waals surface area contributed by atoms with Crippen LogP contribution >= 0.6 is 0 Å². The molecule has 150 valence electrons. The molecular formula is C21H25N7O. The lowest BCUT2D eigenvalue weighted by molar-refractivity contribution is 0.100. The van der Waals surface area contributed by atoms with Gasteiger partial charge in [-0.05, 0) is 55.3 Å². The zero-order valence-electron chi connectivity index (χ0n) is 16.1. The van der Waals surface area contributed by atoms with Crippen molar-refractivity contribution < 1.29 is 4.79 Å². The first-order valence-corrected chi connectivity index (χ1v) is 9.80. The Balaban J connectivity index is 1.55. The fourth-order valence-electron chi connectivity index (χ4n) is 3.62. The van der Waals surface area contributed by atoms with Crippen molar-refractivity contribution in [3.05, 3.63) is 60.4 Å². The molecule has 1 saturated carbocycles. The number of anilines is 3. The Hall–Kier alpha value is -3.39. The second-order valence-corrected chi connectivity index (χ2v) is 7.28. The summed E-state index contributed by atoms with van der Waals surface area (Å²) in [4.78, 5) is 16.5. The van der Waals surface area contributed by atoms with E-state index in [1.54, 1.807) is 23.0 Å². The zero-order chi connectivity index (χ0) is 20.2. The van der Waals surface area contributed by atoms with Crippen molar-refractivity contribution in [2.75, 3.05) is 10.6 Å². The van der Waals surface area contributed by atoms with Gasteiger partial charge in [-0.2, -0.15) is 5.10 Å². The van der Waals surface area contributed by atoms with Crippen molar-refractivity contribution in [1.29, 1.82) is 0 Å². The molecule has 0 unspecified atom stereocenters. The van der Waals surface area contributed by atoms with Crippen LogP contribution in [0.25, 0.3) is 5.69 Å². The van der Waals surface area contributed by atoms with Crippen LogP contribution in [-0.2, 0) is 0 Å². The van der Waals surface area contributed by atoms with E-state index in [0.29, 0.717) is 17.2 Å². The summed E-state index contributed by atoms with van der Waals surface area (Å²) in [5.41, 5.74) is 13.8. The number of aromatic nitrogens is 3. The Morgan fingerprint density at radius 3 is 2.59 bits per heavy atom. The third-order valence-electron chi connectivity index (χ3n) is 5.21. The number of benzene rings is 1. The van der Waals surface area contributed by atoms with Crippen molar-refractivity contribution in [3.8, 4) is 5.69 Å². The normalized spacial score (nSPS) is 18.9. The number of nitrogens with two attached hydrogens (primary N) is 2. The molecule has 2 heterocycles. The van der Waals surface area contributed by atoms with Crippen molar-refractivity contribution >= 4 is 23.2 Å². The van der Waals surface area contributed by atoms with Crippen molar-refractivity contribution in [2.24, 2.45) is 11.5 Å². The van der Waals surface area contributed by atoms with E-state index in [0.717, 1.165) is 37.1 Å². The van der Waals surface area contributed by atoms with Crippen LogP contribution in [0.4, 0.5) is 17.3 Å². The average molecular weight is 391 g/mol. The third-order valence-corrected chi connectivity index (χ3v) is 5.21. The van der Waals surface area contributed by atoms with Gasteiger partial charge in [0.05, 0.1) is 11.3 Å². The Bertz CT molecular complexity index is 969. The van der Waals surface area contributed by atoms with E-state index in [1.165, 1.54) is 0 Å². The van der Waals surface area contributed by atoms with Gasteiger partial charge in [-0.1, -0.05) is 12.8 Å². The Morgan fingerprint density at radius 2 is 1.90 bits per heavy atom. The first-order valence-electron chi connectivity index (χ1n) is 9.80. The number of hydrogen-bond acceptors (Lipinski definition) is 6. The van der Waals surface area contributed by atoms with Gasteiger partial charge in [0.1, 0.15) is 11.6 Å². The van der Waals surface area contributed by atoms with Gasteiger partial charge >= 0.3 is 0 Å². The van der Waals surface area contributed by atoms with Crippen molar-refractivity contribution in [3.63, 3.8) is 0 Å². The molecule has 1 aromatic carbocycles.